The van der Waals surface area contributed by atoms with Gasteiger partial charge in [0, 0.05) is 24.7 Å². The van der Waals surface area contributed by atoms with Crippen LogP contribution in [0.5, 0.6) is 0 Å². The van der Waals surface area contributed by atoms with E-state index in [0.29, 0.717) is 24.1 Å². The standard InChI is InChI=1S/C13H19N3O2/c1-3-14-11(10-4-5-10)7-12-13(16(17)18)6-9(2)8-15-12/h6,8,10-11,14H,3-5,7H2,1-2H3. The van der Waals surface area contributed by atoms with Crippen LogP contribution in [0.2, 0.25) is 0 Å². The minimum Gasteiger partial charge on any atom is -0.314 e. The predicted molar refractivity (Wildman–Crippen MR) is 69.5 cm³/mol. The molecule has 1 unspecified atom stereocenters. The molecule has 0 saturated heterocycles. The summed E-state index contributed by atoms with van der Waals surface area (Å²) in [5.41, 5.74) is 1.58. The first-order valence-electron chi connectivity index (χ1n) is 6.45. The number of likely N-dealkylation sites (N-methyl/N-ethyl adjacent to an activating group) is 1. The lowest BCUT2D eigenvalue weighted by Gasteiger charge is -2.16. The third-order valence-electron chi connectivity index (χ3n) is 3.35. The number of rotatable bonds is 6. The molecule has 18 heavy (non-hydrogen) atoms. The van der Waals surface area contributed by atoms with Gasteiger partial charge in [0.2, 0.25) is 0 Å². The molecule has 0 radical (unpaired) electrons. The molecule has 2 rings (SSSR count). The normalized spacial score (nSPS) is 16.6. The van der Waals surface area contributed by atoms with Gasteiger partial charge < -0.3 is 5.32 Å². The number of aryl methyl sites for hydroxylation is 1. The van der Waals surface area contributed by atoms with E-state index in [1.54, 1.807) is 12.3 Å². The molecule has 0 spiro atoms. The zero-order valence-corrected chi connectivity index (χ0v) is 10.8. The van der Waals surface area contributed by atoms with Gasteiger partial charge in [0.1, 0.15) is 5.69 Å². The quantitative estimate of drug-likeness (QED) is 0.620. The average molecular weight is 249 g/mol. The summed E-state index contributed by atoms with van der Waals surface area (Å²) in [6, 6.07) is 1.93. The van der Waals surface area contributed by atoms with Crippen molar-refractivity contribution in [1.29, 1.82) is 0 Å². The van der Waals surface area contributed by atoms with E-state index in [0.717, 1.165) is 12.1 Å². The van der Waals surface area contributed by atoms with Crippen LogP contribution in [-0.4, -0.2) is 22.5 Å². The molecule has 5 nitrogen and oxygen atoms in total. The Morgan fingerprint density at radius 2 is 2.33 bits per heavy atom. The smallest absolute Gasteiger partial charge is 0.291 e. The number of hydrogen-bond acceptors (Lipinski definition) is 4. The van der Waals surface area contributed by atoms with Crippen molar-refractivity contribution in [2.45, 2.75) is 39.2 Å². The molecule has 1 fully saturated rings. The maximum atomic E-state index is 11.0. The number of hydrogen-bond donors (Lipinski definition) is 1. The lowest BCUT2D eigenvalue weighted by molar-refractivity contribution is -0.386. The van der Waals surface area contributed by atoms with Gasteiger partial charge in [-0.15, -0.1) is 0 Å². The lowest BCUT2D eigenvalue weighted by Crippen LogP contribution is -2.33. The maximum Gasteiger partial charge on any atom is 0.291 e. The van der Waals surface area contributed by atoms with Gasteiger partial charge in [-0.25, -0.2) is 0 Å². The predicted octanol–water partition coefficient (Wildman–Crippen LogP) is 2.23. The van der Waals surface area contributed by atoms with Gasteiger partial charge in [-0.2, -0.15) is 0 Å². The summed E-state index contributed by atoms with van der Waals surface area (Å²) in [5.74, 6) is 0.660. The average Bonchev–Trinajstić information content (AvgIpc) is 3.14. The first-order valence-corrected chi connectivity index (χ1v) is 6.45. The molecule has 1 saturated carbocycles. The number of nitrogens with one attached hydrogen (secondary N) is 1. The van der Waals surface area contributed by atoms with Crippen molar-refractivity contribution < 1.29 is 4.92 Å². The van der Waals surface area contributed by atoms with Gasteiger partial charge in [-0.1, -0.05) is 6.92 Å². The number of nitro groups is 1. The highest BCUT2D eigenvalue weighted by Gasteiger charge is 2.32. The molecule has 1 heterocycles. The molecule has 0 bridgehead atoms. The van der Waals surface area contributed by atoms with Gasteiger partial charge in [0.15, 0.2) is 0 Å². The van der Waals surface area contributed by atoms with Crippen molar-refractivity contribution >= 4 is 5.69 Å². The molecule has 1 aliphatic rings. The van der Waals surface area contributed by atoms with Crippen LogP contribution < -0.4 is 5.32 Å². The minimum atomic E-state index is -0.328. The van der Waals surface area contributed by atoms with Crippen molar-refractivity contribution in [1.82, 2.24) is 10.3 Å². The van der Waals surface area contributed by atoms with Crippen LogP contribution in [0.3, 0.4) is 0 Å². The van der Waals surface area contributed by atoms with Crippen LogP contribution >= 0.6 is 0 Å². The molecule has 98 valence electrons. The Hall–Kier alpha value is -1.49. The Balaban J connectivity index is 2.18. The Morgan fingerprint density at radius 1 is 1.61 bits per heavy atom. The van der Waals surface area contributed by atoms with Gasteiger partial charge >= 0.3 is 0 Å². The Labute approximate surface area is 107 Å². The van der Waals surface area contributed by atoms with Crippen LogP contribution in [0, 0.1) is 23.0 Å². The maximum absolute atomic E-state index is 11.0. The van der Waals surface area contributed by atoms with Gasteiger partial charge in [0.25, 0.3) is 5.69 Å². The van der Waals surface area contributed by atoms with Crippen LogP contribution in [0.1, 0.15) is 31.0 Å². The van der Waals surface area contributed by atoms with E-state index in [-0.39, 0.29) is 10.6 Å². The fourth-order valence-corrected chi connectivity index (χ4v) is 2.27. The number of aromatic nitrogens is 1. The molecule has 1 N–H and O–H groups in total. The highest BCUT2D eigenvalue weighted by molar-refractivity contribution is 5.38. The SMILES string of the molecule is CCNC(Cc1ncc(C)cc1[N+](=O)[O-])C1CC1. The monoisotopic (exact) mass is 249 g/mol. The van der Waals surface area contributed by atoms with E-state index in [9.17, 15) is 10.1 Å². The second kappa shape index (κ2) is 5.44. The largest absolute Gasteiger partial charge is 0.314 e. The van der Waals surface area contributed by atoms with Gasteiger partial charge in [-0.05, 0) is 37.8 Å². The van der Waals surface area contributed by atoms with E-state index in [1.165, 1.54) is 12.8 Å². The summed E-state index contributed by atoms with van der Waals surface area (Å²) in [6.45, 7) is 4.78. The van der Waals surface area contributed by atoms with E-state index >= 15 is 0 Å². The Kier molecular flexibility index (Phi) is 3.91. The van der Waals surface area contributed by atoms with E-state index in [1.807, 2.05) is 6.92 Å². The Bertz CT molecular complexity index is 444. The molecule has 0 aliphatic heterocycles. The lowest BCUT2D eigenvalue weighted by atomic mass is 10.0. The molecule has 1 aromatic rings. The molecule has 1 aliphatic carbocycles. The zero-order valence-electron chi connectivity index (χ0n) is 10.8. The number of nitrogens with zero attached hydrogens (tertiary/aromatic N) is 2. The third kappa shape index (κ3) is 3.04. The van der Waals surface area contributed by atoms with Crippen LogP contribution in [0.25, 0.3) is 0 Å². The fraction of sp³-hybridized carbons (Fsp3) is 0.615. The first-order chi connectivity index (χ1) is 8.61. The molecule has 0 aromatic carbocycles. The summed E-state index contributed by atoms with van der Waals surface area (Å²) in [4.78, 5) is 15.0. The number of pyridine rings is 1. The van der Waals surface area contributed by atoms with Gasteiger partial charge in [0.05, 0.1) is 4.92 Å². The highest BCUT2D eigenvalue weighted by Crippen LogP contribution is 2.34. The van der Waals surface area contributed by atoms with E-state index in [4.69, 9.17) is 0 Å². The van der Waals surface area contributed by atoms with Gasteiger partial charge in [-0.3, -0.25) is 15.1 Å². The fourth-order valence-electron chi connectivity index (χ4n) is 2.27. The summed E-state index contributed by atoms with van der Waals surface area (Å²) < 4.78 is 0. The van der Waals surface area contributed by atoms with Crippen molar-refractivity contribution in [2.75, 3.05) is 6.54 Å². The van der Waals surface area contributed by atoms with Crippen molar-refractivity contribution in [3.63, 3.8) is 0 Å². The van der Waals surface area contributed by atoms with Crippen LogP contribution in [0.4, 0.5) is 5.69 Å². The summed E-state index contributed by atoms with van der Waals surface area (Å²) >= 11 is 0. The summed E-state index contributed by atoms with van der Waals surface area (Å²) in [5, 5.41) is 14.5. The summed E-state index contributed by atoms with van der Waals surface area (Å²) in [7, 11) is 0. The minimum absolute atomic E-state index is 0.151. The van der Waals surface area contributed by atoms with Crippen molar-refractivity contribution in [3.05, 3.63) is 33.6 Å². The topological polar surface area (TPSA) is 68.1 Å². The summed E-state index contributed by atoms with van der Waals surface area (Å²) in [6.07, 6.45) is 4.79. The van der Waals surface area contributed by atoms with Crippen molar-refractivity contribution in [2.24, 2.45) is 5.92 Å². The second-order valence-corrected chi connectivity index (χ2v) is 4.94. The molecule has 5 heteroatoms. The molecule has 1 aromatic heterocycles. The van der Waals surface area contributed by atoms with Crippen LogP contribution in [0.15, 0.2) is 12.3 Å². The zero-order chi connectivity index (χ0) is 13.1. The van der Waals surface area contributed by atoms with E-state index in [2.05, 4.69) is 17.2 Å². The molecule has 0 amide bonds. The molecular formula is C13H19N3O2. The van der Waals surface area contributed by atoms with Crippen molar-refractivity contribution in [3.8, 4) is 0 Å². The Morgan fingerprint density at radius 3 is 2.89 bits per heavy atom. The first kappa shape index (κ1) is 13.0. The molecule has 1 atom stereocenters. The second-order valence-electron chi connectivity index (χ2n) is 4.94. The van der Waals surface area contributed by atoms with Crippen LogP contribution in [-0.2, 0) is 6.42 Å². The highest BCUT2D eigenvalue weighted by atomic mass is 16.6. The van der Waals surface area contributed by atoms with E-state index < -0.39 is 0 Å². The molecular weight excluding hydrogens is 230 g/mol. The third-order valence-corrected chi connectivity index (χ3v) is 3.35.